The van der Waals surface area contributed by atoms with Gasteiger partial charge >= 0.3 is 0 Å². The number of carbonyl (C=O) groups is 3. The lowest BCUT2D eigenvalue weighted by molar-refractivity contribution is -0.149. The Hall–Kier alpha value is -2.97. The van der Waals surface area contributed by atoms with Gasteiger partial charge in [0.05, 0.1) is 0 Å². The lowest BCUT2D eigenvalue weighted by Gasteiger charge is -2.22. The predicted molar refractivity (Wildman–Crippen MR) is 100 cm³/mol. The van der Waals surface area contributed by atoms with Crippen molar-refractivity contribution in [3.8, 4) is 0 Å². The van der Waals surface area contributed by atoms with Gasteiger partial charge in [0.2, 0.25) is 11.5 Å². The molecule has 0 radical (unpaired) electrons. The number of benzene rings is 2. The maximum Gasteiger partial charge on any atom is 0.268 e. The van der Waals surface area contributed by atoms with Crippen molar-refractivity contribution < 1.29 is 23.9 Å². The number of halogens is 2. The summed E-state index contributed by atoms with van der Waals surface area (Å²) in [5, 5.41) is 13.2. The Bertz CT molecular complexity index is 930. The minimum absolute atomic E-state index is 0.0980. The number of primary amides is 1. The van der Waals surface area contributed by atoms with Gasteiger partial charge in [-0.05, 0) is 48.0 Å². The van der Waals surface area contributed by atoms with Crippen LogP contribution < -0.4 is 16.0 Å². The number of nitrogens with two attached hydrogens (primary N) is 1. The van der Waals surface area contributed by atoms with Crippen molar-refractivity contribution in [2.24, 2.45) is 5.73 Å². The van der Waals surface area contributed by atoms with E-state index in [-0.39, 0.29) is 30.1 Å². The third kappa shape index (κ3) is 3.83. The van der Waals surface area contributed by atoms with Gasteiger partial charge in [-0.1, -0.05) is 11.6 Å². The van der Waals surface area contributed by atoms with Crippen LogP contribution in [0, 0.1) is 5.82 Å². The van der Waals surface area contributed by atoms with Gasteiger partial charge in [-0.25, -0.2) is 4.39 Å². The summed E-state index contributed by atoms with van der Waals surface area (Å²) < 4.78 is 13.4. The van der Waals surface area contributed by atoms with Crippen molar-refractivity contribution in [2.75, 3.05) is 11.4 Å². The quantitative estimate of drug-likeness (QED) is 0.652. The molecule has 0 unspecified atom stereocenters. The highest BCUT2D eigenvalue weighted by Gasteiger charge is 2.51. The van der Waals surface area contributed by atoms with Crippen molar-refractivity contribution in [2.45, 2.75) is 18.6 Å². The molecule has 1 aliphatic heterocycles. The van der Waals surface area contributed by atoms with Crippen molar-refractivity contribution in [3.05, 3.63) is 64.4 Å². The molecule has 3 amide bonds. The summed E-state index contributed by atoms with van der Waals surface area (Å²) in [6, 6.07) is 9.72. The normalized spacial score (nSPS) is 19.0. The van der Waals surface area contributed by atoms with Crippen molar-refractivity contribution in [1.82, 2.24) is 5.32 Å². The third-order valence-electron chi connectivity index (χ3n) is 4.51. The van der Waals surface area contributed by atoms with Crippen LogP contribution in [-0.2, 0) is 16.1 Å². The monoisotopic (exact) mass is 405 g/mol. The van der Waals surface area contributed by atoms with Gasteiger partial charge in [-0.2, -0.15) is 0 Å². The summed E-state index contributed by atoms with van der Waals surface area (Å²) in [5.41, 5.74) is 4.04. The lowest BCUT2D eigenvalue weighted by Crippen LogP contribution is -2.52. The zero-order chi connectivity index (χ0) is 20.5. The second-order valence-corrected chi connectivity index (χ2v) is 6.87. The molecule has 0 aliphatic carbocycles. The fourth-order valence-electron chi connectivity index (χ4n) is 3.01. The zero-order valence-electron chi connectivity index (χ0n) is 14.6. The third-order valence-corrected chi connectivity index (χ3v) is 4.73. The van der Waals surface area contributed by atoms with Crippen LogP contribution in [0.1, 0.15) is 22.3 Å². The van der Waals surface area contributed by atoms with Gasteiger partial charge in [0, 0.05) is 35.8 Å². The van der Waals surface area contributed by atoms with Crippen LogP contribution in [0.5, 0.6) is 0 Å². The summed E-state index contributed by atoms with van der Waals surface area (Å²) in [6.45, 7) is 0.0175. The van der Waals surface area contributed by atoms with E-state index < -0.39 is 29.1 Å². The molecule has 4 N–H and O–H groups in total. The van der Waals surface area contributed by atoms with E-state index in [9.17, 15) is 23.9 Å². The average Bonchev–Trinajstić information content (AvgIpc) is 2.95. The predicted octanol–water partition coefficient (Wildman–Crippen LogP) is 1.36. The maximum absolute atomic E-state index is 13.4. The van der Waals surface area contributed by atoms with E-state index in [1.807, 2.05) is 0 Å². The van der Waals surface area contributed by atoms with Crippen molar-refractivity contribution in [3.63, 3.8) is 0 Å². The largest absolute Gasteiger partial charge is 0.372 e. The maximum atomic E-state index is 13.4. The Morgan fingerprint density at radius 2 is 1.93 bits per heavy atom. The summed E-state index contributed by atoms with van der Waals surface area (Å²) in [5.74, 6) is -2.83. The summed E-state index contributed by atoms with van der Waals surface area (Å²) in [6.07, 6.45) is -0.112. The molecule has 2 aromatic rings. The molecule has 28 heavy (non-hydrogen) atoms. The molecule has 0 aromatic heterocycles. The van der Waals surface area contributed by atoms with E-state index >= 15 is 0 Å². The second kappa shape index (κ2) is 7.57. The molecule has 1 fully saturated rings. The number of hydrogen-bond donors (Lipinski definition) is 3. The van der Waals surface area contributed by atoms with Crippen LogP contribution in [0.15, 0.2) is 42.5 Å². The summed E-state index contributed by atoms with van der Waals surface area (Å²) >= 11 is 5.77. The van der Waals surface area contributed by atoms with Crippen LogP contribution in [0.2, 0.25) is 5.02 Å². The molecular formula is C19H17ClFN3O4. The average molecular weight is 406 g/mol. The van der Waals surface area contributed by atoms with Gasteiger partial charge in [0.15, 0.2) is 0 Å². The van der Waals surface area contributed by atoms with Gasteiger partial charge in [0.1, 0.15) is 5.82 Å². The van der Waals surface area contributed by atoms with E-state index in [0.717, 1.165) is 6.07 Å². The molecule has 9 heteroatoms. The standard InChI is InChI=1S/C19H17ClFN3O4/c20-13-7-11(8-14(21)9-13)10-23-17(26)19(28)5-6-24(18(19)27)15-3-1-12(2-4-15)16(22)25/h1-4,7-9,28H,5-6,10H2,(H2,22,25)(H,23,26)/t19-/m0/s1. The molecule has 0 spiro atoms. The topological polar surface area (TPSA) is 113 Å². The minimum Gasteiger partial charge on any atom is -0.372 e. The van der Waals surface area contributed by atoms with Crippen LogP contribution >= 0.6 is 11.6 Å². The van der Waals surface area contributed by atoms with Crippen LogP contribution in [-0.4, -0.2) is 35.0 Å². The number of amides is 3. The smallest absolute Gasteiger partial charge is 0.268 e. The first kappa shape index (κ1) is 19.8. The van der Waals surface area contributed by atoms with Crippen LogP contribution in [0.3, 0.4) is 0 Å². The molecule has 1 heterocycles. The molecule has 7 nitrogen and oxygen atoms in total. The molecule has 2 aromatic carbocycles. The SMILES string of the molecule is NC(=O)c1ccc(N2CC[C@](O)(C(=O)NCc3cc(F)cc(Cl)c3)C2=O)cc1. The molecule has 0 bridgehead atoms. The number of rotatable bonds is 5. The number of anilines is 1. The highest BCUT2D eigenvalue weighted by Crippen LogP contribution is 2.29. The fourth-order valence-corrected chi connectivity index (χ4v) is 3.25. The van der Waals surface area contributed by atoms with Crippen molar-refractivity contribution >= 4 is 35.0 Å². The van der Waals surface area contributed by atoms with Crippen molar-refractivity contribution in [1.29, 1.82) is 0 Å². The molecule has 1 aliphatic rings. The Balaban J connectivity index is 1.70. The number of carbonyl (C=O) groups excluding carboxylic acids is 3. The molecule has 146 valence electrons. The Morgan fingerprint density at radius 1 is 1.25 bits per heavy atom. The highest BCUT2D eigenvalue weighted by molar-refractivity contribution is 6.30. The molecule has 1 atom stereocenters. The van der Waals surface area contributed by atoms with Crippen LogP contribution in [0.4, 0.5) is 10.1 Å². The van der Waals surface area contributed by atoms with Gasteiger partial charge in [0.25, 0.3) is 11.8 Å². The Labute approximate surface area is 164 Å². The van der Waals surface area contributed by atoms with E-state index in [1.54, 1.807) is 0 Å². The first-order chi connectivity index (χ1) is 13.2. The first-order valence-electron chi connectivity index (χ1n) is 8.38. The first-order valence-corrected chi connectivity index (χ1v) is 8.76. The zero-order valence-corrected chi connectivity index (χ0v) is 15.4. The highest BCUT2D eigenvalue weighted by atomic mass is 35.5. The van der Waals surface area contributed by atoms with Crippen LogP contribution in [0.25, 0.3) is 0 Å². The lowest BCUT2D eigenvalue weighted by atomic mass is 10.0. The summed E-state index contributed by atoms with van der Waals surface area (Å²) in [4.78, 5) is 37.5. The Kier molecular flexibility index (Phi) is 5.35. The molecular weight excluding hydrogens is 389 g/mol. The second-order valence-electron chi connectivity index (χ2n) is 6.44. The Morgan fingerprint density at radius 3 is 2.54 bits per heavy atom. The van der Waals surface area contributed by atoms with Gasteiger partial charge < -0.3 is 21.1 Å². The van der Waals surface area contributed by atoms with E-state index in [4.69, 9.17) is 17.3 Å². The molecule has 1 saturated heterocycles. The van der Waals surface area contributed by atoms with E-state index in [2.05, 4.69) is 5.32 Å². The van der Waals surface area contributed by atoms with Gasteiger partial charge in [-0.3, -0.25) is 14.4 Å². The fraction of sp³-hybridized carbons (Fsp3) is 0.211. The van der Waals surface area contributed by atoms with Gasteiger partial charge in [-0.15, -0.1) is 0 Å². The number of nitrogens with zero attached hydrogens (tertiary/aromatic N) is 1. The number of nitrogens with one attached hydrogen (secondary N) is 1. The molecule has 0 saturated carbocycles. The summed E-state index contributed by atoms with van der Waals surface area (Å²) in [7, 11) is 0. The van der Waals surface area contributed by atoms with E-state index in [1.165, 1.54) is 41.3 Å². The minimum atomic E-state index is -2.24. The van der Waals surface area contributed by atoms with E-state index in [0.29, 0.717) is 11.3 Å². The number of aliphatic hydroxyl groups is 1. The molecule has 3 rings (SSSR count). The number of hydrogen-bond acceptors (Lipinski definition) is 4.